The topological polar surface area (TPSA) is 45.4 Å². The molecule has 0 aliphatic carbocycles. The van der Waals surface area contributed by atoms with Crippen LogP contribution in [0.3, 0.4) is 0 Å². The minimum absolute atomic E-state index is 0.214. The molecule has 1 aromatic carbocycles. The SMILES string of the molecule is CN(C)CCCN(C)C(CN)c1cncc2ccccc12. The van der Waals surface area contributed by atoms with Crippen LogP contribution in [0.15, 0.2) is 36.7 Å². The molecule has 0 amide bonds. The summed E-state index contributed by atoms with van der Waals surface area (Å²) in [4.78, 5) is 8.94. The lowest BCUT2D eigenvalue weighted by atomic mass is 10.0. The summed E-state index contributed by atoms with van der Waals surface area (Å²) in [5.41, 5.74) is 7.27. The monoisotopic (exact) mass is 286 g/mol. The van der Waals surface area contributed by atoms with E-state index in [4.69, 9.17) is 5.73 Å². The zero-order valence-corrected chi connectivity index (χ0v) is 13.3. The van der Waals surface area contributed by atoms with Crippen LogP contribution in [0.4, 0.5) is 0 Å². The van der Waals surface area contributed by atoms with E-state index in [0.717, 1.165) is 19.5 Å². The van der Waals surface area contributed by atoms with E-state index in [0.29, 0.717) is 6.54 Å². The molecule has 0 saturated carbocycles. The van der Waals surface area contributed by atoms with Crippen LogP contribution in [0.1, 0.15) is 18.0 Å². The van der Waals surface area contributed by atoms with Gasteiger partial charge in [-0.1, -0.05) is 24.3 Å². The van der Waals surface area contributed by atoms with Gasteiger partial charge in [-0.3, -0.25) is 9.88 Å². The molecule has 21 heavy (non-hydrogen) atoms. The van der Waals surface area contributed by atoms with Gasteiger partial charge in [0.05, 0.1) is 0 Å². The molecule has 1 atom stereocenters. The Kier molecular flexibility index (Phi) is 5.67. The fourth-order valence-electron chi connectivity index (χ4n) is 2.74. The lowest BCUT2D eigenvalue weighted by Gasteiger charge is -2.28. The second-order valence-corrected chi connectivity index (χ2v) is 5.84. The van der Waals surface area contributed by atoms with E-state index in [-0.39, 0.29) is 6.04 Å². The average Bonchev–Trinajstić information content (AvgIpc) is 2.48. The van der Waals surface area contributed by atoms with Crippen LogP contribution in [-0.4, -0.2) is 55.6 Å². The normalized spacial score (nSPS) is 13.2. The van der Waals surface area contributed by atoms with Crippen LogP contribution in [0.25, 0.3) is 10.8 Å². The number of aromatic nitrogens is 1. The summed E-state index contributed by atoms with van der Waals surface area (Å²) < 4.78 is 0. The van der Waals surface area contributed by atoms with Gasteiger partial charge >= 0.3 is 0 Å². The molecule has 4 nitrogen and oxygen atoms in total. The summed E-state index contributed by atoms with van der Waals surface area (Å²) in [6.07, 6.45) is 5.01. The van der Waals surface area contributed by atoms with E-state index in [1.165, 1.54) is 16.3 Å². The molecule has 0 saturated heterocycles. The van der Waals surface area contributed by atoms with Gasteiger partial charge in [0.2, 0.25) is 0 Å². The van der Waals surface area contributed by atoms with Crippen LogP contribution in [-0.2, 0) is 0 Å². The molecule has 4 heteroatoms. The highest BCUT2D eigenvalue weighted by atomic mass is 15.1. The van der Waals surface area contributed by atoms with Crippen molar-refractivity contribution in [1.82, 2.24) is 14.8 Å². The van der Waals surface area contributed by atoms with Gasteiger partial charge in [0, 0.05) is 30.4 Å². The molecule has 0 radical (unpaired) electrons. The minimum atomic E-state index is 0.214. The van der Waals surface area contributed by atoms with Gasteiger partial charge in [0.1, 0.15) is 0 Å². The highest BCUT2D eigenvalue weighted by molar-refractivity contribution is 5.85. The number of fused-ring (bicyclic) bond motifs is 1. The Bertz CT molecular complexity index is 562. The maximum Gasteiger partial charge on any atom is 0.0488 e. The van der Waals surface area contributed by atoms with Crippen LogP contribution in [0.5, 0.6) is 0 Å². The number of benzene rings is 1. The molecule has 0 aliphatic heterocycles. The molecule has 0 spiro atoms. The molecular formula is C17H26N4. The van der Waals surface area contributed by atoms with Crippen molar-refractivity contribution in [2.24, 2.45) is 5.73 Å². The van der Waals surface area contributed by atoms with Crippen LogP contribution < -0.4 is 5.73 Å². The summed E-state index contributed by atoms with van der Waals surface area (Å²) in [5.74, 6) is 0. The zero-order chi connectivity index (χ0) is 15.2. The highest BCUT2D eigenvalue weighted by Crippen LogP contribution is 2.26. The highest BCUT2D eigenvalue weighted by Gasteiger charge is 2.17. The largest absolute Gasteiger partial charge is 0.329 e. The van der Waals surface area contributed by atoms with Crippen molar-refractivity contribution in [3.63, 3.8) is 0 Å². The lowest BCUT2D eigenvalue weighted by molar-refractivity contribution is 0.236. The molecule has 1 unspecified atom stereocenters. The van der Waals surface area contributed by atoms with Crippen molar-refractivity contribution in [1.29, 1.82) is 0 Å². The predicted molar refractivity (Wildman–Crippen MR) is 89.3 cm³/mol. The van der Waals surface area contributed by atoms with Crippen LogP contribution in [0, 0.1) is 0 Å². The summed E-state index contributed by atoms with van der Waals surface area (Å²) in [5, 5.41) is 2.43. The van der Waals surface area contributed by atoms with Crippen molar-refractivity contribution in [3.8, 4) is 0 Å². The first-order valence-electron chi connectivity index (χ1n) is 7.51. The number of nitrogens with zero attached hydrogens (tertiary/aromatic N) is 3. The number of hydrogen-bond donors (Lipinski definition) is 1. The summed E-state index contributed by atoms with van der Waals surface area (Å²) >= 11 is 0. The van der Waals surface area contributed by atoms with E-state index >= 15 is 0 Å². The Labute approximate surface area is 127 Å². The number of rotatable bonds is 7. The van der Waals surface area contributed by atoms with Gasteiger partial charge in [-0.2, -0.15) is 0 Å². The molecule has 1 aromatic heterocycles. The number of pyridine rings is 1. The fourth-order valence-corrected chi connectivity index (χ4v) is 2.74. The van der Waals surface area contributed by atoms with Gasteiger partial charge in [-0.25, -0.2) is 0 Å². The van der Waals surface area contributed by atoms with Gasteiger partial charge < -0.3 is 10.6 Å². The van der Waals surface area contributed by atoms with Gasteiger partial charge in [0.25, 0.3) is 0 Å². The van der Waals surface area contributed by atoms with E-state index in [2.05, 4.69) is 54.1 Å². The molecule has 114 valence electrons. The second-order valence-electron chi connectivity index (χ2n) is 5.84. The molecule has 2 N–H and O–H groups in total. The maximum atomic E-state index is 6.05. The van der Waals surface area contributed by atoms with Gasteiger partial charge in [-0.05, 0) is 51.6 Å². The molecule has 1 heterocycles. The smallest absolute Gasteiger partial charge is 0.0488 e. The van der Waals surface area contributed by atoms with Crippen LogP contribution in [0.2, 0.25) is 0 Å². The Morgan fingerprint density at radius 2 is 1.86 bits per heavy atom. The fraction of sp³-hybridized carbons (Fsp3) is 0.471. The van der Waals surface area contributed by atoms with E-state index < -0.39 is 0 Å². The number of nitrogens with two attached hydrogens (primary N) is 1. The first kappa shape index (κ1) is 15.9. The summed E-state index contributed by atoms with van der Waals surface area (Å²) in [7, 11) is 6.36. The third-order valence-electron chi connectivity index (χ3n) is 3.93. The van der Waals surface area contributed by atoms with Gasteiger partial charge in [0.15, 0.2) is 0 Å². The predicted octanol–water partition coefficient (Wildman–Crippen LogP) is 2.12. The Hall–Kier alpha value is -1.49. The third-order valence-corrected chi connectivity index (χ3v) is 3.93. The van der Waals surface area contributed by atoms with Crippen molar-refractivity contribution in [3.05, 3.63) is 42.2 Å². The van der Waals surface area contributed by atoms with Crippen molar-refractivity contribution < 1.29 is 0 Å². The Morgan fingerprint density at radius 3 is 2.57 bits per heavy atom. The van der Waals surface area contributed by atoms with E-state index in [1.807, 2.05) is 18.5 Å². The quantitative estimate of drug-likeness (QED) is 0.847. The van der Waals surface area contributed by atoms with E-state index in [9.17, 15) is 0 Å². The molecule has 0 fully saturated rings. The lowest BCUT2D eigenvalue weighted by Crippen LogP contribution is -2.32. The van der Waals surface area contributed by atoms with Crippen molar-refractivity contribution in [2.75, 3.05) is 40.8 Å². The number of hydrogen-bond acceptors (Lipinski definition) is 4. The Balaban J connectivity index is 2.19. The first-order chi connectivity index (χ1) is 10.1. The van der Waals surface area contributed by atoms with Crippen molar-refractivity contribution >= 4 is 10.8 Å². The van der Waals surface area contributed by atoms with Gasteiger partial charge in [-0.15, -0.1) is 0 Å². The first-order valence-corrected chi connectivity index (χ1v) is 7.51. The molecular weight excluding hydrogens is 260 g/mol. The average molecular weight is 286 g/mol. The third kappa shape index (κ3) is 4.00. The van der Waals surface area contributed by atoms with E-state index in [1.54, 1.807) is 0 Å². The standard InChI is InChI=1S/C17H26N4/c1-20(2)9-6-10-21(3)17(11-18)16-13-19-12-14-7-4-5-8-15(14)16/h4-5,7-8,12-13,17H,6,9-11,18H2,1-3H3. The molecule has 2 aromatic rings. The maximum absolute atomic E-state index is 6.05. The summed E-state index contributed by atoms with van der Waals surface area (Å²) in [6.45, 7) is 2.73. The zero-order valence-electron chi connectivity index (χ0n) is 13.3. The Morgan fingerprint density at radius 1 is 1.10 bits per heavy atom. The minimum Gasteiger partial charge on any atom is -0.329 e. The second kappa shape index (κ2) is 7.50. The van der Waals surface area contributed by atoms with Crippen molar-refractivity contribution in [2.45, 2.75) is 12.5 Å². The van der Waals surface area contributed by atoms with Crippen LogP contribution >= 0.6 is 0 Å². The molecule has 0 aliphatic rings. The number of likely N-dealkylation sites (N-methyl/N-ethyl adjacent to an activating group) is 1. The molecule has 0 bridgehead atoms. The summed E-state index contributed by atoms with van der Waals surface area (Å²) in [6, 6.07) is 8.59. The molecule has 2 rings (SSSR count).